The highest BCUT2D eigenvalue weighted by Gasteiger charge is 2.43. The van der Waals surface area contributed by atoms with Crippen LogP contribution in [-0.4, -0.2) is 41.5 Å². The summed E-state index contributed by atoms with van der Waals surface area (Å²) in [6, 6.07) is 21.6. The van der Waals surface area contributed by atoms with Gasteiger partial charge in [0.15, 0.2) is 5.11 Å². The number of amides is 2. The molecular formula is C26H24FN3O3S. The Kier molecular flexibility index (Phi) is 7.18. The first-order valence-corrected chi connectivity index (χ1v) is 11.2. The Bertz CT molecular complexity index is 1170. The van der Waals surface area contributed by atoms with Crippen LogP contribution in [0.15, 0.2) is 78.9 Å². The number of hydrogen-bond acceptors (Lipinski definition) is 4. The largest absolute Gasteiger partial charge is 0.497 e. The molecule has 1 heterocycles. The van der Waals surface area contributed by atoms with Crippen LogP contribution in [0.2, 0.25) is 0 Å². The van der Waals surface area contributed by atoms with Gasteiger partial charge in [-0.15, -0.1) is 0 Å². The molecule has 1 fully saturated rings. The Hall–Kier alpha value is -3.78. The smallest absolute Gasteiger partial charge is 0.256 e. The quantitative estimate of drug-likeness (QED) is 0.487. The molecule has 0 bridgehead atoms. The number of carbonyl (C=O) groups excluding carboxylic acids is 2. The van der Waals surface area contributed by atoms with Crippen molar-refractivity contribution >= 4 is 40.5 Å². The van der Waals surface area contributed by atoms with Crippen LogP contribution in [0.25, 0.3) is 0 Å². The maximum atomic E-state index is 13.4. The molecule has 3 aromatic carbocycles. The molecule has 0 saturated carbocycles. The van der Waals surface area contributed by atoms with E-state index in [2.05, 4.69) is 5.32 Å². The predicted octanol–water partition coefficient (Wildman–Crippen LogP) is 4.41. The average Bonchev–Trinajstić information content (AvgIpc) is 3.08. The van der Waals surface area contributed by atoms with E-state index in [9.17, 15) is 14.0 Å². The summed E-state index contributed by atoms with van der Waals surface area (Å²) in [6.45, 7) is 0.467. The summed E-state index contributed by atoms with van der Waals surface area (Å²) in [5, 5.41) is 3.10. The first-order chi connectivity index (χ1) is 16.5. The summed E-state index contributed by atoms with van der Waals surface area (Å²) in [5.41, 5.74) is 2.18. The van der Waals surface area contributed by atoms with Gasteiger partial charge in [-0.05, 0) is 72.7 Å². The molecule has 0 aliphatic carbocycles. The number of anilines is 2. The van der Waals surface area contributed by atoms with Crippen LogP contribution < -0.4 is 15.0 Å². The minimum absolute atomic E-state index is 0.0811. The van der Waals surface area contributed by atoms with Crippen LogP contribution >= 0.6 is 12.2 Å². The van der Waals surface area contributed by atoms with Gasteiger partial charge in [-0.1, -0.05) is 30.3 Å². The molecule has 1 N–H and O–H groups in total. The maximum Gasteiger partial charge on any atom is 0.256 e. The lowest BCUT2D eigenvalue weighted by atomic mass is 10.1. The van der Waals surface area contributed by atoms with E-state index in [1.807, 2.05) is 54.6 Å². The van der Waals surface area contributed by atoms with Gasteiger partial charge in [0, 0.05) is 12.2 Å². The summed E-state index contributed by atoms with van der Waals surface area (Å²) < 4.78 is 18.4. The number of ether oxygens (including phenoxy) is 1. The highest BCUT2D eigenvalue weighted by atomic mass is 32.1. The maximum absolute atomic E-state index is 13.4. The van der Waals surface area contributed by atoms with E-state index < -0.39 is 11.9 Å². The minimum atomic E-state index is -0.744. The topological polar surface area (TPSA) is 61.9 Å². The van der Waals surface area contributed by atoms with Gasteiger partial charge in [-0.3, -0.25) is 14.5 Å². The fourth-order valence-corrected chi connectivity index (χ4v) is 4.28. The second-order valence-electron chi connectivity index (χ2n) is 7.86. The van der Waals surface area contributed by atoms with Crippen molar-refractivity contribution in [2.75, 3.05) is 23.9 Å². The van der Waals surface area contributed by atoms with Crippen molar-refractivity contribution in [1.29, 1.82) is 0 Å². The number of benzene rings is 3. The highest BCUT2D eigenvalue weighted by molar-refractivity contribution is 7.80. The van der Waals surface area contributed by atoms with E-state index in [1.54, 1.807) is 12.0 Å². The van der Waals surface area contributed by atoms with Gasteiger partial charge >= 0.3 is 0 Å². The van der Waals surface area contributed by atoms with E-state index in [-0.39, 0.29) is 18.2 Å². The number of nitrogens with one attached hydrogen (secondary N) is 1. The number of halogens is 1. The van der Waals surface area contributed by atoms with E-state index >= 15 is 0 Å². The van der Waals surface area contributed by atoms with Crippen molar-refractivity contribution in [2.45, 2.75) is 18.9 Å². The molecular weight excluding hydrogens is 453 g/mol. The van der Waals surface area contributed by atoms with Crippen LogP contribution in [0.4, 0.5) is 15.8 Å². The summed E-state index contributed by atoms with van der Waals surface area (Å²) in [5.74, 6) is -0.226. The summed E-state index contributed by atoms with van der Waals surface area (Å²) in [4.78, 5) is 29.5. The molecule has 1 aliphatic heterocycles. The van der Waals surface area contributed by atoms with Crippen molar-refractivity contribution in [3.8, 4) is 5.75 Å². The zero-order valence-corrected chi connectivity index (χ0v) is 19.4. The molecule has 1 saturated heterocycles. The average molecular weight is 478 g/mol. The number of rotatable bonds is 8. The molecule has 34 heavy (non-hydrogen) atoms. The molecule has 4 rings (SSSR count). The van der Waals surface area contributed by atoms with E-state index in [1.165, 1.54) is 29.2 Å². The molecule has 0 aromatic heterocycles. The van der Waals surface area contributed by atoms with Crippen molar-refractivity contribution in [1.82, 2.24) is 4.90 Å². The predicted molar refractivity (Wildman–Crippen MR) is 133 cm³/mol. The van der Waals surface area contributed by atoms with Gasteiger partial charge in [0.25, 0.3) is 5.91 Å². The number of methoxy groups -OCH3 is 1. The summed E-state index contributed by atoms with van der Waals surface area (Å²) in [7, 11) is 1.61. The number of para-hydroxylation sites is 1. The zero-order chi connectivity index (χ0) is 24.1. The first-order valence-electron chi connectivity index (χ1n) is 10.8. The highest BCUT2D eigenvalue weighted by Crippen LogP contribution is 2.28. The second-order valence-corrected chi connectivity index (χ2v) is 8.22. The van der Waals surface area contributed by atoms with Gasteiger partial charge in [0.2, 0.25) is 5.91 Å². The number of nitrogens with zero attached hydrogens (tertiary/aromatic N) is 2. The lowest BCUT2D eigenvalue weighted by molar-refractivity contribution is -0.124. The second kappa shape index (κ2) is 10.4. The molecule has 3 aromatic rings. The van der Waals surface area contributed by atoms with Gasteiger partial charge < -0.3 is 15.0 Å². The zero-order valence-electron chi connectivity index (χ0n) is 18.6. The number of carbonyl (C=O) groups is 2. The fraction of sp³-hybridized carbons (Fsp3) is 0.192. The molecule has 2 amide bonds. The van der Waals surface area contributed by atoms with Gasteiger partial charge in [0.05, 0.1) is 19.2 Å². The molecule has 1 atom stereocenters. The Labute approximate surface area is 202 Å². The third-order valence-electron chi connectivity index (χ3n) is 5.64. The van der Waals surface area contributed by atoms with Crippen molar-refractivity contribution in [3.63, 3.8) is 0 Å². The molecule has 6 nitrogen and oxygen atoms in total. The number of hydrogen-bond donors (Lipinski definition) is 1. The lowest BCUT2D eigenvalue weighted by Crippen LogP contribution is -2.39. The van der Waals surface area contributed by atoms with Crippen molar-refractivity contribution < 1.29 is 18.7 Å². The standard InChI is InChI=1S/C26H24FN3O3S/c1-33-22-13-7-18(8-14-22)15-16-29-23(17-24(31)28-20-11-9-19(27)10-12-20)25(32)30(26(29)34)21-5-3-2-4-6-21/h2-14,23H,15-17H2,1H3,(H,28,31)/t23-/m1/s1. The van der Waals surface area contributed by atoms with Crippen LogP contribution in [0.3, 0.4) is 0 Å². The summed E-state index contributed by atoms with van der Waals surface area (Å²) in [6.07, 6.45) is 0.554. The van der Waals surface area contributed by atoms with Crippen LogP contribution in [0.5, 0.6) is 5.75 Å². The third kappa shape index (κ3) is 5.23. The minimum Gasteiger partial charge on any atom is -0.497 e. The molecule has 8 heteroatoms. The first kappa shape index (κ1) is 23.4. The van der Waals surface area contributed by atoms with Crippen LogP contribution in [0.1, 0.15) is 12.0 Å². The normalized spacial score (nSPS) is 15.5. The van der Waals surface area contributed by atoms with E-state index in [0.29, 0.717) is 29.5 Å². The molecule has 174 valence electrons. The van der Waals surface area contributed by atoms with Crippen LogP contribution in [0, 0.1) is 5.82 Å². The van der Waals surface area contributed by atoms with Gasteiger partial charge in [-0.25, -0.2) is 4.39 Å². The Balaban J connectivity index is 1.53. The van der Waals surface area contributed by atoms with Crippen LogP contribution in [-0.2, 0) is 16.0 Å². The monoisotopic (exact) mass is 477 g/mol. The Morgan fingerprint density at radius 2 is 1.71 bits per heavy atom. The number of thiocarbonyl (C=S) groups is 1. The van der Waals surface area contributed by atoms with Gasteiger partial charge in [0.1, 0.15) is 17.6 Å². The van der Waals surface area contributed by atoms with Crippen molar-refractivity contribution in [3.05, 3.63) is 90.2 Å². The third-order valence-corrected chi connectivity index (χ3v) is 6.06. The molecule has 1 aliphatic rings. The summed E-state index contributed by atoms with van der Waals surface area (Å²) >= 11 is 5.69. The van der Waals surface area contributed by atoms with Gasteiger partial charge in [-0.2, -0.15) is 0 Å². The SMILES string of the molecule is COc1ccc(CCN2C(=S)N(c3ccccc3)C(=O)[C@H]2CC(=O)Nc2ccc(F)cc2)cc1. The molecule has 0 spiro atoms. The molecule has 0 unspecified atom stereocenters. The Morgan fingerprint density at radius 3 is 2.35 bits per heavy atom. The molecule has 0 radical (unpaired) electrons. The lowest BCUT2D eigenvalue weighted by Gasteiger charge is -2.24. The van der Waals surface area contributed by atoms with Crippen molar-refractivity contribution in [2.24, 2.45) is 0 Å². The van der Waals surface area contributed by atoms with E-state index in [0.717, 1.165) is 11.3 Å². The Morgan fingerprint density at radius 1 is 1.03 bits per heavy atom. The van der Waals surface area contributed by atoms with E-state index in [4.69, 9.17) is 17.0 Å². The fourth-order valence-electron chi connectivity index (χ4n) is 3.86.